The van der Waals surface area contributed by atoms with Gasteiger partial charge in [0, 0.05) is 0 Å². The van der Waals surface area contributed by atoms with E-state index in [1.165, 1.54) is 0 Å². The molecule has 0 spiro atoms. The molecule has 4 atom stereocenters. The fourth-order valence-corrected chi connectivity index (χ4v) is 2.94. The van der Waals surface area contributed by atoms with Crippen molar-refractivity contribution in [3.63, 3.8) is 0 Å². The van der Waals surface area contributed by atoms with E-state index >= 15 is 0 Å². The Morgan fingerprint density at radius 3 is 1.76 bits per heavy atom. The molecule has 2 aliphatic rings. The third-order valence-electron chi connectivity index (χ3n) is 3.58. The number of rotatable bonds is 4. The molecular formula is C13H18O4. The van der Waals surface area contributed by atoms with E-state index in [9.17, 15) is 9.59 Å². The average molecular weight is 238 g/mol. The number of hydrogen-bond acceptors (Lipinski definition) is 4. The molecule has 94 valence electrons. The van der Waals surface area contributed by atoms with E-state index < -0.39 is 0 Å². The quantitative estimate of drug-likeness (QED) is 0.551. The summed E-state index contributed by atoms with van der Waals surface area (Å²) in [4.78, 5) is 23.8. The number of carbonyl (C=O) groups is 2. The second-order valence-electron chi connectivity index (χ2n) is 4.50. The van der Waals surface area contributed by atoms with E-state index in [1.54, 1.807) is 13.8 Å². The number of fused-ring (bicyclic) bond motifs is 2. The molecule has 0 radical (unpaired) electrons. The van der Waals surface area contributed by atoms with Crippen LogP contribution in [0, 0.1) is 23.7 Å². The second kappa shape index (κ2) is 4.90. The normalized spacial score (nSPS) is 33.8. The van der Waals surface area contributed by atoms with Crippen molar-refractivity contribution in [3.8, 4) is 0 Å². The van der Waals surface area contributed by atoms with Gasteiger partial charge < -0.3 is 9.47 Å². The van der Waals surface area contributed by atoms with Gasteiger partial charge in [-0.1, -0.05) is 12.2 Å². The van der Waals surface area contributed by atoms with E-state index in [0.717, 1.165) is 6.42 Å². The molecule has 2 rings (SSSR count). The molecule has 4 nitrogen and oxygen atoms in total. The minimum absolute atomic E-state index is 0.147. The maximum atomic E-state index is 11.9. The van der Waals surface area contributed by atoms with Gasteiger partial charge in [0.15, 0.2) is 0 Å². The van der Waals surface area contributed by atoms with Crippen LogP contribution in [0.25, 0.3) is 0 Å². The van der Waals surface area contributed by atoms with E-state index in [-0.39, 0.29) is 35.6 Å². The Morgan fingerprint density at radius 1 is 1.00 bits per heavy atom. The molecule has 2 aliphatic carbocycles. The van der Waals surface area contributed by atoms with Gasteiger partial charge in [0.05, 0.1) is 25.0 Å². The second-order valence-corrected chi connectivity index (χ2v) is 4.50. The lowest BCUT2D eigenvalue weighted by Crippen LogP contribution is -2.35. The van der Waals surface area contributed by atoms with E-state index in [4.69, 9.17) is 9.47 Å². The maximum absolute atomic E-state index is 11.9. The molecule has 0 unspecified atom stereocenters. The summed E-state index contributed by atoms with van der Waals surface area (Å²) in [5.41, 5.74) is 0. The number of esters is 2. The molecule has 0 heterocycles. The van der Waals surface area contributed by atoms with Crippen molar-refractivity contribution in [1.82, 2.24) is 0 Å². The number of ether oxygens (including phenoxy) is 2. The predicted molar refractivity (Wildman–Crippen MR) is 61.0 cm³/mol. The van der Waals surface area contributed by atoms with Crippen LogP contribution in [0.2, 0.25) is 0 Å². The molecule has 1 fully saturated rings. The Labute approximate surface area is 101 Å². The lowest BCUT2D eigenvalue weighted by molar-refractivity contribution is -0.160. The summed E-state index contributed by atoms with van der Waals surface area (Å²) in [6.45, 7) is 4.26. The summed E-state index contributed by atoms with van der Waals surface area (Å²) in [5.74, 6) is -0.917. The summed E-state index contributed by atoms with van der Waals surface area (Å²) < 4.78 is 10.1. The van der Waals surface area contributed by atoms with E-state index in [1.807, 2.05) is 12.2 Å². The minimum atomic E-state index is -0.344. The molecule has 17 heavy (non-hydrogen) atoms. The van der Waals surface area contributed by atoms with Crippen molar-refractivity contribution in [2.75, 3.05) is 13.2 Å². The van der Waals surface area contributed by atoms with Crippen molar-refractivity contribution >= 4 is 11.9 Å². The molecule has 0 N–H and O–H groups in total. The van der Waals surface area contributed by atoms with Crippen molar-refractivity contribution in [2.24, 2.45) is 23.7 Å². The zero-order valence-corrected chi connectivity index (χ0v) is 10.2. The van der Waals surface area contributed by atoms with Crippen LogP contribution in [0.4, 0.5) is 0 Å². The van der Waals surface area contributed by atoms with Gasteiger partial charge in [-0.25, -0.2) is 0 Å². The fourth-order valence-electron chi connectivity index (χ4n) is 2.94. The number of carbonyl (C=O) groups excluding carboxylic acids is 2. The first-order valence-corrected chi connectivity index (χ1v) is 6.20. The Hall–Kier alpha value is -1.32. The summed E-state index contributed by atoms with van der Waals surface area (Å²) in [7, 11) is 0. The summed E-state index contributed by atoms with van der Waals surface area (Å²) in [6.07, 6.45) is 4.93. The van der Waals surface area contributed by atoms with E-state index in [0.29, 0.717) is 13.2 Å². The largest absolute Gasteiger partial charge is 0.466 e. The maximum Gasteiger partial charge on any atom is 0.310 e. The highest BCUT2D eigenvalue weighted by atomic mass is 16.5. The minimum Gasteiger partial charge on any atom is -0.466 e. The zero-order valence-electron chi connectivity index (χ0n) is 10.2. The van der Waals surface area contributed by atoms with Gasteiger partial charge >= 0.3 is 11.9 Å². The first-order chi connectivity index (χ1) is 8.19. The predicted octanol–water partition coefficient (Wildman–Crippen LogP) is 1.55. The molecule has 0 aromatic rings. The van der Waals surface area contributed by atoms with Crippen molar-refractivity contribution < 1.29 is 19.1 Å². The Balaban J connectivity index is 2.14. The highest BCUT2D eigenvalue weighted by Gasteiger charge is 2.52. The fraction of sp³-hybridized carbons (Fsp3) is 0.692. The van der Waals surface area contributed by atoms with Crippen LogP contribution in [0.3, 0.4) is 0 Å². The van der Waals surface area contributed by atoms with Gasteiger partial charge in [-0.3, -0.25) is 9.59 Å². The Bertz CT molecular complexity index is 315. The molecular weight excluding hydrogens is 220 g/mol. The zero-order chi connectivity index (χ0) is 12.4. The Morgan fingerprint density at radius 2 is 1.41 bits per heavy atom. The van der Waals surface area contributed by atoms with Gasteiger partial charge in [0.25, 0.3) is 0 Å². The molecule has 0 aromatic heterocycles. The lowest BCUT2D eigenvalue weighted by Gasteiger charge is -2.24. The third-order valence-corrected chi connectivity index (χ3v) is 3.58. The smallest absolute Gasteiger partial charge is 0.310 e. The first kappa shape index (κ1) is 12.1. The van der Waals surface area contributed by atoms with E-state index in [2.05, 4.69) is 0 Å². The van der Waals surface area contributed by atoms with Gasteiger partial charge in [-0.05, 0) is 32.1 Å². The van der Waals surface area contributed by atoms with Crippen molar-refractivity contribution in [1.29, 1.82) is 0 Å². The lowest BCUT2D eigenvalue weighted by atomic mass is 9.83. The summed E-state index contributed by atoms with van der Waals surface area (Å²) in [5, 5.41) is 0. The van der Waals surface area contributed by atoms with Crippen LogP contribution in [-0.4, -0.2) is 25.2 Å². The van der Waals surface area contributed by atoms with Crippen molar-refractivity contribution in [2.45, 2.75) is 20.3 Å². The molecule has 0 aliphatic heterocycles. The molecule has 1 saturated carbocycles. The number of hydrogen-bond donors (Lipinski definition) is 0. The number of allylic oxidation sites excluding steroid dienone is 2. The monoisotopic (exact) mass is 238 g/mol. The van der Waals surface area contributed by atoms with Crippen LogP contribution in [0.15, 0.2) is 12.2 Å². The molecule has 4 heteroatoms. The molecule has 0 amide bonds. The van der Waals surface area contributed by atoms with Gasteiger partial charge in [0.2, 0.25) is 0 Å². The van der Waals surface area contributed by atoms with Gasteiger partial charge in [-0.15, -0.1) is 0 Å². The molecule has 0 aromatic carbocycles. The highest BCUT2D eigenvalue weighted by Crippen LogP contribution is 2.48. The summed E-state index contributed by atoms with van der Waals surface area (Å²) >= 11 is 0. The van der Waals surface area contributed by atoms with Crippen LogP contribution in [0.1, 0.15) is 20.3 Å². The van der Waals surface area contributed by atoms with Crippen LogP contribution >= 0.6 is 0 Å². The van der Waals surface area contributed by atoms with Crippen LogP contribution in [-0.2, 0) is 19.1 Å². The highest BCUT2D eigenvalue weighted by molar-refractivity contribution is 5.84. The topological polar surface area (TPSA) is 52.6 Å². The summed E-state index contributed by atoms with van der Waals surface area (Å²) in [6, 6.07) is 0. The van der Waals surface area contributed by atoms with Crippen LogP contribution in [0.5, 0.6) is 0 Å². The van der Waals surface area contributed by atoms with Crippen LogP contribution < -0.4 is 0 Å². The SMILES string of the molecule is CCOC(=O)[C@@H]1[C@H](C(=O)OCC)[C@H]2C=C[C@@H]1C2. The molecule has 2 bridgehead atoms. The third kappa shape index (κ3) is 2.08. The standard InChI is InChI=1S/C13H18O4/c1-3-16-12(14)10-8-5-6-9(7-8)11(10)13(15)17-4-2/h5-6,8-11H,3-4,7H2,1-2H3/t8-,9+,10+,11-. The van der Waals surface area contributed by atoms with Gasteiger partial charge in [0.1, 0.15) is 0 Å². The Kier molecular flexibility index (Phi) is 3.50. The average Bonchev–Trinajstić information content (AvgIpc) is 2.89. The first-order valence-electron chi connectivity index (χ1n) is 6.20. The van der Waals surface area contributed by atoms with Gasteiger partial charge in [-0.2, -0.15) is 0 Å². The van der Waals surface area contributed by atoms with Crippen molar-refractivity contribution in [3.05, 3.63) is 12.2 Å². The molecule has 0 saturated heterocycles.